The number of aromatic nitrogens is 2. The number of nitrogens with zero attached hydrogens (tertiary/aromatic N) is 1. The second kappa shape index (κ2) is 3.72. The summed E-state index contributed by atoms with van der Waals surface area (Å²) in [5, 5.41) is 7.16. The van der Waals surface area contributed by atoms with Gasteiger partial charge < -0.3 is 5.73 Å². The smallest absolute Gasteiger partial charge is 0.0669 e. The zero-order valence-electron chi connectivity index (χ0n) is 8.02. The fraction of sp³-hybridized carbons (Fsp3) is 0.667. The van der Waals surface area contributed by atoms with E-state index in [9.17, 15) is 0 Å². The first-order valence-electron chi connectivity index (χ1n) is 4.41. The number of nitrogens with one attached hydrogen (secondary N) is 1. The maximum absolute atomic E-state index is 5.83. The van der Waals surface area contributed by atoms with Crippen molar-refractivity contribution in [2.45, 2.75) is 39.7 Å². The second-order valence-electron chi connectivity index (χ2n) is 3.29. The van der Waals surface area contributed by atoms with Crippen LogP contribution in [0.2, 0.25) is 0 Å². The minimum Gasteiger partial charge on any atom is -0.327 e. The molecule has 0 saturated carbocycles. The Labute approximate surface area is 73.4 Å². The van der Waals surface area contributed by atoms with E-state index in [1.807, 2.05) is 6.92 Å². The number of aromatic amines is 1. The lowest BCUT2D eigenvalue weighted by Crippen LogP contribution is -2.21. The van der Waals surface area contributed by atoms with Gasteiger partial charge in [-0.05, 0) is 25.8 Å². The zero-order chi connectivity index (χ0) is 9.14. The highest BCUT2D eigenvalue weighted by molar-refractivity contribution is 5.22. The van der Waals surface area contributed by atoms with E-state index in [2.05, 4.69) is 24.0 Å². The summed E-state index contributed by atoms with van der Waals surface area (Å²) < 4.78 is 0. The molecule has 3 heteroatoms. The van der Waals surface area contributed by atoms with E-state index in [1.165, 1.54) is 5.56 Å². The molecule has 1 unspecified atom stereocenters. The Kier molecular flexibility index (Phi) is 2.87. The van der Waals surface area contributed by atoms with E-state index in [1.54, 1.807) is 0 Å². The first kappa shape index (κ1) is 9.26. The molecule has 0 aliphatic heterocycles. The lowest BCUT2D eigenvalue weighted by Gasteiger charge is -2.05. The predicted octanol–water partition coefficient (Wildman–Crippen LogP) is 1.31. The molecule has 3 N–H and O–H groups in total. The molecule has 1 heterocycles. The normalized spacial score (nSPS) is 13.3. The third-order valence-electron chi connectivity index (χ3n) is 2.33. The lowest BCUT2D eigenvalue weighted by atomic mass is 10.1. The molecule has 1 aromatic heterocycles. The van der Waals surface area contributed by atoms with E-state index >= 15 is 0 Å². The molecule has 0 saturated heterocycles. The third kappa shape index (κ3) is 1.85. The molecule has 0 fully saturated rings. The number of H-pyrrole nitrogens is 1. The summed E-state index contributed by atoms with van der Waals surface area (Å²) in [4.78, 5) is 0. The highest BCUT2D eigenvalue weighted by Crippen LogP contribution is 2.10. The lowest BCUT2D eigenvalue weighted by molar-refractivity contribution is 0.633. The number of hydrogen-bond acceptors (Lipinski definition) is 2. The monoisotopic (exact) mass is 167 g/mol. The Bertz CT molecular complexity index is 252. The molecule has 68 valence electrons. The Morgan fingerprint density at radius 1 is 1.50 bits per heavy atom. The van der Waals surface area contributed by atoms with Crippen molar-refractivity contribution < 1.29 is 0 Å². The minimum atomic E-state index is 0.242. The van der Waals surface area contributed by atoms with Crippen LogP contribution in [-0.2, 0) is 6.42 Å². The second-order valence-corrected chi connectivity index (χ2v) is 3.29. The summed E-state index contributed by atoms with van der Waals surface area (Å²) >= 11 is 0. The molecule has 1 atom stereocenters. The van der Waals surface area contributed by atoms with Gasteiger partial charge in [0.25, 0.3) is 0 Å². The van der Waals surface area contributed by atoms with Crippen LogP contribution in [0.25, 0.3) is 0 Å². The number of nitrogens with two attached hydrogens (primary N) is 1. The van der Waals surface area contributed by atoms with Crippen LogP contribution < -0.4 is 5.73 Å². The first-order chi connectivity index (χ1) is 5.65. The van der Waals surface area contributed by atoms with Crippen LogP contribution >= 0.6 is 0 Å². The fourth-order valence-corrected chi connectivity index (χ4v) is 1.13. The van der Waals surface area contributed by atoms with E-state index in [-0.39, 0.29) is 6.04 Å². The summed E-state index contributed by atoms with van der Waals surface area (Å²) in [5.74, 6) is 0. The van der Waals surface area contributed by atoms with Gasteiger partial charge in [0.1, 0.15) is 0 Å². The molecule has 12 heavy (non-hydrogen) atoms. The molecule has 0 aromatic carbocycles. The summed E-state index contributed by atoms with van der Waals surface area (Å²) in [5.41, 5.74) is 9.34. The van der Waals surface area contributed by atoms with E-state index in [4.69, 9.17) is 5.73 Å². The van der Waals surface area contributed by atoms with Gasteiger partial charge in [0, 0.05) is 18.2 Å². The molecule has 1 rings (SSSR count). The maximum atomic E-state index is 5.83. The van der Waals surface area contributed by atoms with Crippen LogP contribution in [-0.4, -0.2) is 16.2 Å². The van der Waals surface area contributed by atoms with E-state index < -0.39 is 0 Å². The van der Waals surface area contributed by atoms with Crippen molar-refractivity contribution in [1.29, 1.82) is 0 Å². The van der Waals surface area contributed by atoms with Gasteiger partial charge in [-0.1, -0.05) is 6.92 Å². The van der Waals surface area contributed by atoms with Gasteiger partial charge in [0.15, 0.2) is 0 Å². The van der Waals surface area contributed by atoms with Crippen molar-refractivity contribution >= 4 is 0 Å². The van der Waals surface area contributed by atoms with Crippen molar-refractivity contribution in [2.75, 3.05) is 0 Å². The van der Waals surface area contributed by atoms with Gasteiger partial charge in [-0.15, -0.1) is 0 Å². The summed E-state index contributed by atoms with van der Waals surface area (Å²) in [7, 11) is 0. The standard InChI is InChI=1S/C9H17N3/c1-4-8(10)5-9-6(2)7(3)11-12-9/h8H,4-5,10H2,1-3H3,(H,11,12). The molecular formula is C9H17N3. The van der Waals surface area contributed by atoms with Crippen molar-refractivity contribution in [1.82, 2.24) is 10.2 Å². The molecule has 0 amide bonds. The molecule has 0 spiro atoms. The summed E-state index contributed by atoms with van der Waals surface area (Å²) in [6.07, 6.45) is 1.89. The molecule has 0 aliphatic rings. The topological polar surface area (TPSA) is 54.7 Å². The van der Waals surface area contributed by atoms with Crippen molar-refractivity contribution in [3.05, 3.63) is 17.0 Å². The van der Waals surface area contributed by atoms with E-state index in [0.717, 1.165) is 24.2 Å². The molecule has 0 aliphatic carbocycles. The molecule has 3 nitrogen and oxygen atoms in total. The molecule has 0 bridgehead atoms. The average Bonchev–Trinajstić information content (AvgIpc) is 2.36. The van der Waals surface area contributed by atoms with Crippen LogP contribution in [0.1, 0.15) is 30.3 Å². The highest BCUT2D eigenvalue weighted by Gasteiger charge is 2.08. The quantitative estimate of drug-likeness (QED) is 0.713. The minimum absolute atomic E-state index is 0.242. The average molecular weight is 167 g/mol. The van der Waals surface area contributed by atoms with Crippen LogP contribution in [0.5, 0.6) is 0 Å². The summed E-state index contributed by atoms with van der Waals surface area (Å²) in [6, 6.07) is 0.242. The van der Waals surface area contributed by atoms with Crippen LogP contribution in [0.15, 0.2) is 0 Å². The van der Waals surface area contributed by atoms with Gasteiger partial charge in [-0.25, -0.2) is 0 Å². The van der Waals surface area contributed by atoms with Crippen molar-refractivity contribution in [3.8, 4) is 0 Å². The van der Waals surface area contributed by atoms with Crippen molar-refractivity contribution in [2.24, 2.45) is 5.73 Å². The Morgan fingerprint density at radius 3 is 2.58 bits per heavy atom. The largest absolute Gasteiger partial charge is 0.327 e. The van der Waals surface area contributed by atoms with Crippen LogP contribution in [0.3, 0.4) is 0 Å². The van der Waals surface area contributed by atoms with Crippen molar-refractivity contribution in [3.63, 3.8) is 0 Å². The number of aryl methyl sites for hydroxylation is 1. The van der Waals surface area contributed by atoms with E-state index in [0.29, 0.717) is 0 Å². The van der Waals surface area contributed by atoms with Gasteiger partial charge >= 0.3 is 0 Å². The maximum Gasteiger partial charge on any atom is 0.0669 e. The number of rotatable bonds is 3. The molecule has 0 radical (unpaired) electrons. The third-order valence-corrected chi connectivity index (χ3v) is 2.33. The van der Waals surface area contributed by atoms with Crippen LogP contribution in [0.4, 0.5) is 0 Å². The zero-order valence-corrected chi connectivity index (χ0v) is 8.02. The van der Waals surface area contributed by atoms with Gasteiger partial charge in [-0.2, -0.15) is 5.10 Å². The highest BCUT2D eigenvalue weighted by atomic mass is 15.1. The van der Waals surface area contributed by atoms with Crippen LogP contribution in [0, 0.1) is 13.8 Å². The van der Waals surface area contributed by atoms with Gasteiger partial charge in [0.2, 0.25) is 0 Å². The van der Waals surface area contributed by atoms with Gasteiger partial charge in [0.05, 0.1) is 5.69 Å². The Balaban J connectivity index is 2.69. The van der Waals surface area contributed by atoms with Gasteiger partial charge in [-0.3, -0.25) is 5.10 Å². The molecular weight excluding hydrogens is 150 g/mol. The first-order valence-corrected chi connectivity index (χ1v) is 4.41. The molecule has 1 aromatic rings. The fourth-order valence-electron chi connectivity index (χ4n) is 1.13. The SMILES string of the molecule is CCC(N)Cc1n[nH]c(C)c1C. The Hall–Kier alpha value is -0.830. The number of hydrogen-bond donors (Lipinski definition) is 2. The predicted molar refractivity (Wildman–Crippen MR) is 50.0 cm³/mol. The Morgan fingerprint density at radius 2 is 2.17 bits per heavy atom. The summed E-state index contributed by atoms with van der Waals surface area (Å²) in [6.45, 7) is 6.21.